The van der Waals surface area contributed by atoms with Crippen molar-refractivity contribution in [3.63, 3.8) is 0 Å². The number of aryl methyl sites for hydroxylation is 1. The second kappa shape index (κ2) is 8.15. The number of carbonyl (C=O) groups is 1. The molecule has 1 aliphatic heterocycles. The van der Waals surface area contributed by atoms with Crippen molar-refractivity contribution in [3.05, 3.63) is 71.2 Å². The Bertz CT molecular complexity index is 959. The fourth-order valence-corrected chi connectivity index (χ4v) is 4.00. The summed E-state index contributed by atoms with van der Waals surface area (Å²) in [5.41, 5.74) is 4.08. The average molecular weight is 379 g/mol. The van der Waals surface area contributed by atoms with Crippen LogP contribution in [0.4, 0.5) is 4.39 Å². The summed E-state index contributed by atoms with van der Waals surface area (Å²) in [6.45, 7) is 6.28. The van der Waals surface area contributed by atoms with E-state index in [1.807, 2.05) is 17.9 Å². The van der Waals surface area contributed by atoms with Gasteiger partial charge in [0.05, 0.1) is 6.42 Å². The van der Waals surface area contributed by atoms with E-state index in [4.69, 9.17) is 0 Å². The zero-order valence-electron chi connectivity index (χ0n) is 16.2. The van der Waals surface area contributed by atoms with Crippen molar-refractivity contribution < 1.29 is 9.18 Å². The van der Waals surface area contributed by atoms with Gasteiger partial charge in [-0.2, -0.15) is 0 Å². The number of piperazine rings is 1. The first-order valence-electron chi connectivity index (χ1n) is 9.91. The number of fused-ring (bicyclic) bond motifs is 1. The van der Waals surface area contributed by atoms with Gasteiger partial charge in [-0.15, -0.1) is 0 Å². The van der Waals surface area contributed by atoms with E-state index in [1.165, 1.54) is 17.7 Å². The Hall–Kier alpha value is -2.66. The third-order valence-electron chi connectivity index (χ3n) is 5.69. The van der Waals surface area contributed by atoms with Crippen LogP contribution in [0.2, 0.25) is 0 Å². The molecule has 1 amide bonds. The number of H-pyrrole nitrogens is 1. The minimum Gasteiger partial charge on any atom is -0.358 e. The Morgan fingerprint density at radius 2 is 1.82 bits per heavy atom. The molecule has 2 heterocycles. The molecule has 1 fully saturated rings. The molecule has 4 nitrogen and oxygen atoms in total. The van der Waals surface area contributed by atoms with Crippen LogP contribution in [0.15, 0.2) is 48.5 Å². The van der Waals surface area contributed by atoms with E-state index in [0.717, 1.165) is 61.3 Å². The number of rotatable bonds is 5. The van der Waals surface area contributed by atoms with E-state index in [-0.39, 0.29) is 11.7 Å². The van der Waals surface area contributed by atoms with Gasteiger partial charge in [-0.1, -0.05) is 30.3 Å². The summed E-state index contributed by atoms with van der Waals surface area (Å²) in [5.74, 6) is -0.150. The number of amides is 1. The minimum atomic E-state index is -0.271. The maximum Gasteiger partial charge on any atom is 0.227 e. The van der Waals surface area contributed by atoms with Crippen molar-refractivity contribution >= 4 is 16.8 Å². The van der Waals surface area contributed by atoms with Crippen LogP contribution in [0.5, 0.6) is 0 Å². The predicted molar refractivity (Wildman–Crippen MR) is 110 cm³/mol. The smallest absolute Gasteiger partial charge is 0.227 e. The van der Waals surface area contributed by atoms with Crippen LogP contribution < -0.4 is 0 Å². The predicted octanol–water partition coefficient (Wildman–Crippen LogP) is 3.54. The van der Waals surface area contributed by atoms with E-state index < -0.39 is 0 Å². The number of carbonyl (C=O) groups excluding carboxylic acids is 1. The van der Waals surface area contributed by atoms with Crippen molar-refractivity contribution in [1.82, 2.24) is 14.8 Å². The van der Waals surface area contributed by atoms with Gasteiger partial charge in [-0.3, -0.25) is 9.69 Å². The molecule has 3 aromatic rings. The Balaban J connectivity index is 1.33. The SMILES string of the molecule is Cc1[nH]c2ccc(F)cc2c1CC(=O)N1CCN(CCc2ccccc2)CC1. The van der Waals surface area contributed by atoms with Gasteiger partial charge < -0.3 is 9.88 Å². The molecule has 0 radical (unpaired) electrons. The summed E-state index contributed by atoms with van der Waals surface area (Å²) in [4.78, 5) is 20.4. The van der Waals surface area contributed by atoms with Gasteiger partial charge in [-0.05, 0) is 42.7 Å². The van der Waals surface area contributed by atoms with Gasteiger partial charge in [0.1, 0.15) is 5.82 Å². The summed E-state index contributed by atoms with van der Waals surface area (Å²) in [7, 11) is 0. The molecule has 0 spiro atoms. The van der Waals surface area contributed by atoms with Gasteiger partial charge in [0.2, 0.25) is 5.91 Å². The fourth-order valence-electron chi connectivity index (χ4n) is 4.00. The maximum absolute atomic E-state index is 13.6. The van der Waals surface area contributed by atoms with Crippen molar-refractivity contribution in [1.29, 1.82) is 0 Å². The first-order valence-corrected chi connectivity index (χ1v) is 9.91. The largest absolute Gasteiger partial charge is 0.358 e. The molecule has 5 heteroatoms. The Labute approximate surface area is 165 Å². The highest BCUT2D eigenvalue weighted by molar-refractivity contribution is 5.90. The molecule has 0 saturated carbocycles. The second-order valence-electron chi connectivity index (χ2n) is 7.55. The van der Waals surface area contributed by atoms with Crippen molar-refractivity contribution in [2.24, 2.45) is 0 Å². The molecule has 1 N–H and O–H groups in total. The van der Waals surface area contributed by atoms with E-state index in [0.29, 0.717) is 6.42 Å². The summed E-state index contributed by atoms with van der Waals surface area (Å²) in [6, 6.07) is 15.2. The van der Waals surface area contributed by atoms with E-state index in [2.05, 4.69) is 34.1 Å². The average Bonchev–Trinajstić information content (AvgIpc) is 3.02. The van der Waals surface area contributed by atoms with Gasteiger partial charge in [0.15, 0.2) is 0 Å². The van der Waals surface area contributed by atoms with Crippen LogP contribution in [0.3, 0.4) is 0 Å². The molecule has 1 saturated heterocycles. The fraction of sp³-hybridized carbons (Fsp3) is 0.348. The molecule has 0 aliphatic carbocycles. The highest BCUT2D eigenvalue weighted by Crippen LogP contribution is 2.24. The Kier molecular flexibility index (Phi) is 5.44. The molecule has 1 aliphatic rings. The van der Waals surface area contributed by atoms with E-state index >= 15 is 0 Å². The third kappa shape index (κ3) is 4.09. The molecule has 28 heavy (non-hydrogen) atoms. The van der Waals surface area contributed by atoms with Gasteiger partial charge >= 0.3 is 0 Å². The lowest BCUT2D eigenvalue weighted by molar-refractivity contribution is -0.132. The number of hydrogen-bond acceptors (Lipinski definition) is 2. The molecule has 0 atom stereocenters. The highest BCUT2D eigenvalue weighted by atomic mass is 19.1. The number of benzene rings is 2. The van der Waals surface area contributed by atoms with Crippen LogP contribution in [0, 0.1) is 12.7 Å². The lowest BCUT2D eigenvalue weighted by Gasteiger charge is -2.34. The van der Waals surface area contributed by atoms with Crippen LogP contribution in [-0.2, 0) is 17.6 Å². The summed E-state index contributed by atoms with van der Waals surface area (Å²) in [6.07, 6.45) is 1.36. The van der Waals surface area contributed by atoms with Gasteiger partial charge in [0.25, 0.3) is 0 Å². The zero-order valence-corrected chi connectivity index (χ0v) is 16.2. The molecular weight excluding hydrogens is 353 g/mol. The molecule has 0 bridgehead atoms. The molecule has 1 aromatic heterocycles. The molecular formula is C23H26FN3O. The van der Waals surface area contributed by atoms with Crippen LogP contribution in [-0.4, -0.2) is 53.4 Å². The van der Waals surface area contributed by atoms with Crippen molar-refractivity contribution in [3.8, 4) is 0 Å². The van der Waals surface area contributed by atoms with Crippen LogP contribution >= 0.6 is 0 Å². The van der Waals surface area contributed by atoms with Crippen molar-refractivity contribution in [2.75, 3.05) is 32.7 Å². The number of nitrogens with one attached hydrogen (secondary N) is 1. The lowest BCUT2D eigenvalue weighted by Crippen LogP contribution is -2.49. The molecule has 2 aromatic carbocycles. The van der Waals surface area contributed by atoms with Gasteiger partial charge in [0, 0.05) is 49.3 Å². The summed E-state index contributed by atoms with van der Waals surface area (Å²) in [5, 5.41) is 0.812. The topological polar surface area (TPSA) is 39.3 Å². The normalized spacial score (nSPS) is 15.3. The number of aromatic nitrogens is 1. The Morgan fingerprint density at radius 3 is 2.57 bits per heavy atom. The lowest BCUT2D eigenvalue weighted by atomic mass is 10.1. The maximum atomic E-state index is 13.6. The molecule has 0 unspecified atom stereocenters. The summed E-state index contributed by atoms with van der Waals surface area (Å²) < 4.78 is 13.6. The minimum absolute atomic E-state index is 0.121. The van der Waals surface area contributed by atoms with Crippen molar-refractivity contribution in [2.45, 2.75) is 19.8 Å². The third-order valence-corrected chi connectivity index (χ3v) is 5.69. The van der Waals surface area contributed by atoms with Crippen LogP contribution in [0.25, 0.3) is 10.9 Å². The van der Waals surface area contributed by atoms with Gasteiger partial charge in [-0.25, -0.2) is 4.39 Å². The number of nitrogens with zero attached hydrogens (tertiary/aromatic N) is 2. The number of halogens is 1. The molecule has 4 rings (SSSR count). The quantitative estimate of drug-likeness (QED) is 0.736. The zero-order chi connectivity index (χ0) is 19.5. The standard InChI is InChI=1S/C23H26FN3O/c1-17-20(21-15-19(24)7-8-22(21)25-17)16-23(28)27-13-11-26(12-14-27)10-9-18-5-3-2-4-6-18/h2-8,15,25H,9-14,16H2,1H3. The highest BCUT2D eigenvalue weighted by Gasteiger charge is 2.22. The number of hydrogen-bond donors (Lipinski definition) is 1. The van der Waals surface area contributed by atoms with Crippen LogP contribution in [0.1, 0.15) is 16.8 Å². The molecule has 146 valence electrons. The van der Waals surface area contributed by atoms with E-state index in [1.54, 1.807) is 6.07 Å². The second-order valence-corrected chi connectivity index (χ2v) is 7.55. The Morgan fingerprint density at radius 1 is 1.07 bits per heavy atom. The first-order chi connectivity index (χ1) is 13.6. The number of aromatic amines is 1. The summed E-state index contributed by atoms with van der Waals surface area (Å²) >= 11 is 0. The van der Waals surface area contributed by atoms with E-state index in [9.17, 15) is 9.18 Å². The first kappa shape index (κ1) is 18.7. The monoisotopic (exact) mass is 379 g/mol.